The normalized spacial score (nSPS) is 17.9. The van der Waals surface area contributed by atoms with Gasteiger partial charge in [-0.1, -0.05) is 53.4 Å². The molecule has 1 amide bonds. The summed E-state index contributed by atoms with van der Waals surface area (Å²) in [5, 5.41) is 20.0. The Morgan fingerprint density at radius 1 is 1.05 bits per heavy atom. The van der Waals surface area contributed by atoms with Crippen LogP contribution in [0.5, 0.6) is 11.5 Å². The van der Waals surface area contributed by atoms with Gasteiger partial charge in [-0.05, 0) is 70.1 Å². The largest absolute Gasteiger partial charge is 0.507 e. The third kappa shape index (κ3) is 5.06. The average molecular weight is 688 g/mol. The van der Waals surface area contributed by atoms with Crippen molar-refractivity contribution < 1.29 is 28.6 Å². The van der Waals surface area contributed by atoms with Crippen LogP contribution in [0.4, 0.5) is 9.52 Å². The number of halogens is 2. The zero-order valence-electron chi connectivity index (χ0n) is 20.5. The Morgan fingerprint density at radius 2 is 1.80 bits per heavy atom. The number of ether oxygens (including phenoxy) is 2. The van der Waals surface area contributed by atoms with Gasteiger partial charge in [-0.25, -0.2) is 4.39 Å². The first kappa shape index (κ1) is 26.7. The highest BCUT2D eigenvalue weighted by molar-refractivity contribution is 14.1. The standard InChI is InChI=1S/C28H19FIN3O5S2/c29-19-4-2-1-3-17(19)14-39-28-32-31-27(40-28)33-23(15-5-8-18(30)9-6-15)22(25(35)26(33)36)24(34)16-7-10-20-21(13-16)38-12-11-37-20/h1-10,13,23,34H,11-12,14H2/b24-22+. The van der Waals surface area contributed by atoms with Gasteiger partial charge in [-0.15, -0.1) is 10.2 Å². The number of anilines is 1. The summed E-state index contributed by atoms with van der Waals surface area (Å²) in [6, 6.07) is 17.7. The molecule has 1 atom stereocenters. The molecular weight excluding hydrogens is 668 g/mol. The Balaban J connectivity index is 1.39. The van der Waals surface area contributed by atoms with Crippen molar-refractivity contribution in [2.24, 2.45) is 0 Å². The van der Waals surface area contributed by atoms with Crippen LogP contribution in [-0.4, -0.2) is 40.2 Å². The van der Waals surface area contributed by atoms with Crippen molar-refractivity contribution in [3.05, 3.63) is 98.4 Å². The fourth-order valence-corrected chi connectivity index (χ4v) is 6.66. The van der Waals surface area contributed by atoms with Crippen LogP contribution in [0.15, 0.2) is 76.6 Å². The second-order valence-corrected chi connectivity index (χ2v) is 12.2. The number of hydrogen-bond donors (Lipinski definition) is 1. The fraction of sp³-hybridized carbons (Fsp3) is 0.143. The molecule has 40 heavy (non-hydrogen) atoms. The minimum Gasteiger partial charge on any atom is -0.507 e. The molecule has 0 aliphatic carbocycles. The van der Waals surface area contributed by atoms with Crippen molar-refractivity contribution in [2.45, 2.75) is 16.1 Å². The smallest absolute Gasteiger partial charge is 0.301 e. The fourth-order valence-electron chi connectivity index (χ4n) is 4.45. The summed E-state index contributed by atoms with van der Waals surface area (Å²) < 4.78 is 26.8. The Bertz CT molecular complexity index is 1660. The topological polar surface area (TPSA) is 102 Å². The molecule has 3 heterocycles. The summed E-state index contributed by atoms with van der Waals surface area (Å²) in [6.45, 7) is 0.775. The molecule has 0 saturated carbocycles. The number of amides is 1. The zero-order valence-corrected chi connectivity index (χ0v) is 24.3. The van der Waals surface area contributed by atoms with Gasteiger partial charge in [0, 0.05) is 14.9 Å². The maximum absolute atomic E-state index is 14.1. The Morgan fingerprint density at radius 3 is 2.58 bits per heavy atom. The van der Waals surface area contributed by atoms with E-state index >= 15 is 0 Å². The number of carbonyl (C=O) groups is 2. The highest BCUT2D eigenvalue weighted by Crippen LogP contribution is 2.45. The number of rotatable bonds is 6. The lowest BCUT2D eigenvalue weighted by molar-refractivity contribution is -0.132. The predicted octanol–water partition coefficient (Wildman–Crippen LogP) is 5.97. The number of thioether (sulfide) groups is 1. The van der Waals surface area contributed by atoms with Crippen LogP contribution in [0.2, 0.25) is 0 Å². The predicted molar refractivity (Wildman–Crippen MR) is 157 cm³/mol. The summed E-state index contributed by atoms with van der Waals surface area (Å²) in [7, 11) is 0. The van der Waals surface area contributed by atoms with Crippen LogP contribution < -0.4 is 14.4 Å². The minimum absolute atomic E-state index is 0.0707. The zero-order chi connectivity index (χ0) is 27.8. The molecular formula is C28H19FIN3O5S2. The van der Waals surface area contributed by atoms with Gasteiger partial charge in [-0.2, -0.15) is 0 Å². The molecule has 4 aromatic rings. The molecule has 1 unspecified atom stereocenters. The number of aromatic nitrogens is 2. The van der Waals surface area contributed by atoms with E-state index in [1.165, 1.54) is 22.7 Å². The summed E-state index contributed by atoms with van der Waals surface area (Å²) in [4.78, 5) is 28.1. The van der Waals surface area contributed by atoms with Crippen molar-refractivity contribution in [1.29, 1.82) is 0 Å². The maximum atomic E-state index is 14.1. The van der Waals surface area contributed by atoms with Crippen molar-refractivity contribution in [3.63, 3.8) is 0 Å². The number of hydrogen-bond acceptors (Lipinski definition) is 9. The summed E-state index contributed by atoms with van der Waals surface area (Å²) in [5.74, 6) is -1.02. The molecule has 6 rings (SSSR count). The van der Waals surface area contributed by atoms with E-state index in [-0.39, 0.29) is 22.3 Å². The van der Waals surface area contributed by atoms with E-state index in [1.54, 1.807) is 48.5 Å². The van der Waals surface area contributed by atoms with Gasteiger partial charge >= 0.3 is 5.91 Å². The number of Topliss-reactive ketones (excluding diaryl/α,β-unsaturated/α-hetero) is 1. The third-order valence-electron chi connectivity index (χ3n) is 6.36. The lowest BCUT2D eigenvalue weighted by atomic mass is 9.95. The van der Waals surface area contributed by atoms with Gasteiger partial charge in [0.1, 0.15) is 24.8 Å². The van der Waals surface area contributed by atoms with E-state index in [4.69, 9.17) is 9.47 Å². The molecule has 1 N–H and O–H groups in total. The van der Waals surface area contributed by atoms with Gasteiger partial charge < -0.3 is 14.6 Å². The second kappa shape index (κ2) is 11.2. The Hall–Kier alpha value is -3.49. The SMILES string of the molecule is O=C1C(=O)N(c2nnc(SCc3ccccc3F)s2)C(c2ccc(I)cc2)/C1=C(\O)c1ccc2c(c1)OCCO2. The van der Waals surface area contributed by atoms with Gasteiger partial charge in [0.2, 0.25) is 5.13 Å². The molecule has 1 saturated heterocycles. The molecule has 202 valence electrons. The van der Waals surface area contributed by atoms with Crippen LogP contribution in [0.1, 0.15) is 22.7 Å². The molecule has 0 spiro atoms. The summed E-state index contributed by atoms with van der Waals surface area (Å²) in [5.41, 5.74) is 1.38. The van der Waals surface area contributed by atoms with E-state index in [1.807, 2.05) is 12.1 Å². The summed E-state index contributed by atoms with van der Waals surface area (Å²) >= 11 is 4.57. The monoisotopic (exact) mass is 687 g/mol. The first-order valence-corrected chi connectivity index (χ1v) is 14.9. The summed E-state index contributed by atoms with van der Waals surface area (Å²) in [6.07, 6.45) is 0. The lowest BCUT2D eigenvalue weighted by Crippen LogP contribution is -2.29. The molecule has 0 radical (unpaired) electrons. The molecule has 2 aliphatic rings. The number of fused-ring (bicyclic) bond motifs is 1. The quantitative estimate of drug-likeness (QED) is 0.0661. The van der Waals surface area contributed by atoms with Gasteiger partial charge in [0.05, 0.1) is 11.6 Å². The van der Waals surface area contributed by atoms with Crippen LogP contribution in [0.3, 0.4) is 0 Å². The van der Waals surface area contributed by atoms with Crippen LogP contribution in [0.25, 0.3) is 5.76 Å². The minimum atomic E-state index is -0.942. The second-order valence-electron chi connectivity index (χ2n) is 8.81. The van der Waals surface area contributed by atoms with Crippen LogP contribution in [-0.2, 0) is 15.3 Å². The Labute approximate surface area is 250 Å². The highest BCUT2D eigenvalue weighted by Gasteiger charge is 2.48. The molecule has 3 aromatic carbocycles. The first-order chi connectivity index (χ1) is 19.4. The number of benzene rings is 3. The van der Waals surface area contributed by atoms with E-state index < -0.39 is 17.7 Å². The maximum Gasteiger partial charge on any atom is 0.301 e. The molecule has 1 aromatic heterocycles. The number of aliphatic hydroxyl groups is 1. The molecule has 0 bridgehead atoms. The lowest BCUT2D eigenvalue weighted by Gasteiger charge is -2.23. The first-order valence-electron chi connectivity index (χ1n) is 12.1. The van der Waals surface area contributed by atoms with E-state index in [2.05, 4.69) is 32.8 Å². The highest BCUT2D eigenvalue weighted by atomic mass is 127. The Kier molecular flexibility index (Phi) is 7.47. The van der Waals surface area contributed by atoms with E-state index in [9.17, 15) is 19.1 Å². The van der Waals surface area contributed by atoms with Gasteiger partial charge in [0.25, 0.3) is 5.78 Å². The van der Waals surface area contributed by atoms with Crippen LogP contribution >= 0.6 is 45.7 Å². The van der Waals surface area contributed by atoms with Crippen molar-refractivity contribution in [1.82, 2.24) is 10.2 Å². The molecule has 1 fully saturated rings. The number of nitrogens with zero attached hydrogens (tertiary/aromatic N) is 3. The number of ketones is 1. The van der Waals surface area contributed by atoms with Gasteiger partial charge in [0.15, 0.2) is 15.8 Å². The van der Waals surface area contributed by atoms with Crippen molar-refractivity contribution in [2.75, 3.05) is 18.1 Å². The average Bonchev–Trinajstić information content (AvgIpc) is 3.54. The van der Waals surface area contributed by atoms with E-state index in [0.717, 1.165) is 14.9 Å². The van der Waals surface area contributed by atoms with Crippen molar-refractivity contribution in [3.8, 4) is 11.5 Å². The van der Waals surface area contributed by atoms with E-state index in [0.29, 0.717) is 51.5 Å². The van der Waals surface area contributed by atoms with Gasteiger partial charge in [-0.3, -0.25) is 14.5 Å². The molecule has 2 aliphatic heterocycles. The molecule has 8 nitrogen and oxygen atoms in total. The van der Waals surface area contributed by atoms with Crippen LogP contribution in [0, 0.1) is 9.39 Å². The van der Waals surface area contributed by atoms with Crippen molar-refractivity contribution >= 4 is 68.3 Å². The third-order valence-corrected chi connectivity index (χ3v) is 9.18. The number of carbonyl (C=O) groups excluding carboxylic acids is 2. The number of aliphatic hydroxyl groups excluding tert-OH is 1. The molecule has 12 heteroatoms.